The Morgan fingerprint density at radius 1 is 0.680 bits per heavy atom. The molecule has 1 nitrogen and oxygen atoms in total. The van der Waals surface area contributed by atoms with Crippen LogP contribution < -0.4 is 0 Å². The first-order valence-electron chi connectivity index (χ1n) is 9.56. The number of hydrogen-bond acceptors (Lipinski definition) is 1. The third-order valence-electron chi connectivity index (χ3n) is 3.59. The summed E-state index contributed by atoms with van der Waals surface area (Å²) in [5, 5.41) is 0. The monoisotopic (exact) mass is 340 g/mol. The van der Waals surface area contributed by atoms with Gasteiger partial charge in [0.05, 0.1) is 0 Å². The summed E-state index contributed by atoms with van der Waals surface area (Å²) in [5.74, 6) is 0.260. The maximum atomic E-state index is 10.8. The summed E-state index contributed by atoms with van der Waals surface area (Å²) in [7, 11) is 0. The Bertz CT molecular complexity index is 498. The van der Waals surface area contributed by atoms with Crippen LogP contribution >= 0.6 is 0 Å². The summed E-state index contributed by atoms with van der Waals surface area (Å²) in [6.45, 7) is 5.97. The number of carbonyl (C=O) groups excluding carboxylic acids is 1. The first kappa shape index (κ1) is 23.1. The minimum absolute atomic E-state index is 0.260. The van der Waals surface area contributed by atoms with E-state index in [1.54, 1.807) is 6.92 Å². The highest BCUT2D eigenvalue weighted by Crippen LogP contribution is 2.05. The lowest BCUT2D eigenvalue weighted by Gasteiger charge is -1.94. The zero-order valence-electron chi connectivity index (χ0n) is 16.4. The number of carbonyl (C=O) groups is 1. The van der Waals surface area contributed by atoms with Crippen LogP contribution in [0.3, 0.4) is 0 Å². The van der Waals surface area contributed by atoms with Gasteiger partial charge < -0.3 is 4.79 Å². The molecular weight excluding hydrogens is 304 g/mol. The van der Waals surface area contributed by atoms with E-state index in [9.17, 15) is 4.79 Å². The normalized spacial score (nSPS) is 13.5. The molecule has 0 aliphatic rings. The number of Topliss-reactive ketones (excluding diaryl/α,β-unsaturated/α-hetero) is 1. The second kappa shape index (κ2) is 18.4. The third-order valence-corrected chi connectivity index (χ3v) is 3.59. The molecular formula is C24H36O. The van der Waals surface area contributed by atoms with Crippen molar-refractivity contribution in [2.24, 2.45) is 0 Å². The zero-order valence-corrected chi connectivity index (χ0v) is 16.4. The van der Waals surface area contributed by atoms with Crippen LogP contribution in [0.15, 0.2) is 72.4 Å². The molecule has 1 heteroatoms. The highest BCUT2D eigenvalue weighted by molar-refractivity contribution is 5.75. The molecule has 0 amide bonds. The lowest BCUT2D eigenvalue weighted by molar-refractivity contribution is -0.116. The maximum absolute atomic E-state index is 10.8. The third kappa shape index (κ3) is 20.1. The molecule has 0 bridgehead atoms. The van der Waals surface area contributed by atoms with Crippen molar-refractivity contribution in [3.8, 4) is 0 Å². The van der Waals surface area contributed by atoms with Crippen LogP contribution in [0.1, 0.15) is 72.1 Å². The van der Waals surface area contributed by atoms with E-state index in [4.69, 9.17) is 0 Å². The largest absolute Gasteiger partial charge is 0.300 e. The van der Waals surface area contributed by atoms with Gasteiger partial charge in [0.1, 0.15) is 5.78 Å². The van der Waals surface area contributed by atoms with Crippen LogP contribution in [0.4, 0.5) is 0 Å². The predicted octanol–water partition coefficient (Wildman–Crippen LogP) is 7.44. The number of allylic oxidation sites excluding steroid dienone is 12. The molecule has 0 radical (unpaired) electrons. The van der Waals surface area contributed by atoms with E-state index < -0.39 is 0 Å². The Morgan fingerprint density at radius 3 is 1.76 bits per heavy atom. The molecule has 0 aliphatic heterocycles. The Labute approximate surface area is 155 Å². The van der Waals surface area contributed by atoms with Crippen LogP contribution in [0.5, 0.6) is 0 Å². The van der Waals surface area contributed by atoms with Crippen LogP contribution in [0.2, 0.25) is 0 Å². The standard InChI is InChI=1S/C24H36O/c1-4-5-6-7-8-9-10-11-12-13-14-17-20-23(2)21-18-15-16-19-22-24(3)25/h5-6,8-9,11-12,14-17,21H,4,7,10,13,18-20,22H2,1-3H3. The van der Waals surface area contributed by atoms with Crippen molar-refractivity contribution in [2.45, 2.75) is 72.1 Å². The van der Waals surface area contributed by atoms with Crippen LogP contribution in [0.25, 0.3) is 0 Å². The van der Waals surface area contributed by atoms with E-state index in [2.05, 4.69) is 80.7 Å². The molecule has 0 atom stereocenters. The predicted molar refractivity (Wildman–Crippen MR) is 113 cm³/mol. The van der Waals surface area contributed by atoms with E-state index >= 15 is 0 Å². The van der Waals surface area contributed by atoms with Crippen LogP contribution in [0, 0.1) is 0 Å². The SMILES string of the molecule is CCC=CCC=CCC=CCC=CCC(C)=CCC=CCCC(C)=O. The molecule has 0 unspecified atom stereocenters. The van der Waals surface area contributed by atoms with Crippen molar-refractivity contribution in [2.75, 3.05) is 0 Å². The molecule has 25 heavy (non-hydrogen) atoms. The van der Waals surface area contributed by atoms with E-state index in [1.165, 1.54) is 5.57 Å². The molecule has 0 saturated heterocycles. The van der Waals surface area contributed by atoms with E-state index in [-0.39, 0.29) is 5.78 Å². The fourth-order valence-corrected chi connectivity index (χ4v) is 2.10. The van der Waals surface area contributed by atoms with E-state index in [0.29, 0.717) is 6.42 Å². The molecule has 0 heterocycles. The fraction of sp³-hybridized carbons (Fsp3) is 0.458. The van der Waals surface area contributed by atoms with Gasteiger partial charge in [-0.15, -0.1) is 0 Å². The number of hydrogen-bond donors (Lipinski definition) is 0. The number of rotatable bonds is 14. The van der Waals surface area contributed by atoms with E-state index in [0.717, 1.165) is 44.9 Å². The van der Waals surface area contributed by atoms with Crippen LogP contribution in [-0.4, -0.2) is 5.78 Å². The Hall–Kier alpha value is -1.89. The van der Waals surface area contributed by atoms with Gasteiger partial charge in [-0.2, -0.15) is 0 Å². The van der Waals surface area contributed by atoms with Gasteiger partial charge in [0.25, 0.3) is 0 Å². The second-order valence-electron chi connectivity index (χ2n) is 6.20. The average molecular weight is 341 g/mol. The van der Waals surface area contributed by atoms with Gasteiger partial charge in [0.2, 0.25) is 0 Å². The van der Waals surface area contributed by atoms with Crippen molar-refractivity contribution in [3.63, 3.8) is 0 Å². The van der Waals surface area contributed by atoms with Gasteiger partial charge in [-0.3, -0.25) is 0 Å². The van der Waals surface area contributed by atoms with Crippen LogP contribution in [-0.2, 0) is 4.79 Å². The fourth-order valence-electron chi connectivity index (χ4n) is 2.10. The summed E-state index contributed by atoms with van der Waals surface area (Å²) in [4.78, 5) is 10.8. The molecule has 0 aromatic rings. The molecule has 0 aromatic heterocycles. The minimum Gasteiger partial charge on any atom is -0.300 e. The lowest BCUT2D eigenvalue weighted by atomic mass is 10.1. The molecule has 0 rings (SSSR count). The molecule has 138 valence electrons. The smallest absolute Gasteiger partial charge is 0.130 e. The molecule has 0 aromatic carbocycles. The molecule has 0 N–H and O–H groups in total. The summed E-state index contributed by atoms with van der Waals surface area (Å²) in [5.41, 5.74) is 1.39. The van der Waals surface area contributed by atoms with Crippen molar-refractivity contribution < 1.29 is 4.79 Å². The van der Waals surface area contributed by atoms with Crippen molar-refractivity contribution in [1.29, 1.82) is 0 Å². The van der Waals surface area contributed by atoms with Gasteiger partial charge in [0.15, 0.2) is 0 Å². The quantitative estimate of drug-likeness (QED) is 0.300. The molecule has 0 saturated carbocycles. The maximum Gasteiger partial charge on any atom is 0.130 e. The van der Waals surface area contributed by atoms with Gasteiger partial charge in [-0.25, -0.2) is 0 Å². The Balaban J connectivity index is 3.71. The van der Waals surface area contributed by atoms with Crippen molar-refractivity contribution in [1.82, 2.24) is 0 Å². The number of ketones is 1. The van der Waals surface area contributed by atoms with Gasteiger partial charge >= 0.3 is 0 Å². The van der Waals surface area contributed by atoms with Gasteiger partial charge in [0, 0.05) is 6.42 Å². The summed E-state index contributed by atoms with van der Waals surface area (Å²) < 4.78 is 0. The summed E-state index contributed by atoms with van der Waals surface area (Å²) in [6.07, 6.45) is 31.9. The lowest BCUT2D eigenvalue weighted by Crippen LogP contribution is -1.86. The topological polar surface area (TPSA) is 17.1 Å². The average Bonchev–Trinajstić information content (AvgIpc) is 2.58. The summed E-state index contributed by atoms with van der Waals surface area (Å²) >= 11 is 0. The minimum atomic E-state index is 0.260. The first-order valence-corrected chi connectivity index (χ1v) is 9.56. The molecule has 0 fully saturated rings. The zero-order chi connectivity index (χ0) is 18.6. The van der Waals surface area contributed by atoms with Crippen molar-refractivity contribution in [3.05, 3.63) is 72.4 Å². The van der Waals surface area contributed by atoms with Gasteiger partial charge in [-0.05, 0) is 58.8 Å². The summed E-state index contributed by atoms with van der Waals surface area (Å²) in [6, 6.07) is 0. The highest BCUT2D eigenvalue weighted by Gasteiger charge is 1.88. The molecule has 0 spiro atoms. The molecule has 0 aliphatic carbocycles. The Kier molecular flexibility index (Phi) is 17.1. The first-order chi connectivity index (χ1) is 12.2. The van der Waals surface area contributed by atoms with Gasteiger partial charge in [-0.1, -0.05) is 79.3 Å². The second-order valence-corrected chi connectivity index (χ2v) is 6.20. The Morgan fingerprint density at radius 2 is 1.20 bits per heavy atom. The highest BCUT2D eigenvalue weighted by atomic mass is 16.1. The van der Waals surface area contributed by atoms with Crippen molar-refractivity contribution >= 4 is 5.78 Å². The van der Waals surface area contributed by atoms with E-state index in [1.807, 2.05) is 0 Å².